The second-order valence-corrected chi connectivity index (χ2v) is 2.68. The molecule has 0 saturated carbocycles. The summed E-state index contributed by atoms with van der Waals surface area (Å²) < 4.78 is 4.14. The number of nitrogens with two attached hydrogens (primary N) is 1. The number of carbonyl (C=O) groups excluding carboxylic acids is 2. The van der Waals surface area contributed by atoms with E-state index in [-0.39, 0.29) is 12.4 Å². The van der Waals surface area contributed by atoms with Crippen LogP contribution in [0, 0.1) is 0 Å². The third kappa shape index (κ3) is 79.1. The molecular formula is C10H21ClN2O3. The Balaban J connectivity index is -0.0000000668. The molecule has 0 aromatic heterocycles. The minimum Gasteiger partial charge on any atom is -0.466 e. The van der Waals surface area contributed by atoms with Crippen molar-refractivity contribution in [3.8, 4) is 0 Å². The largest absolute Gasteiger partial charge is 0.466 e. The molecule has 0 aliphatic rings. The number of esters is 1. The van der Waals surface area contributed by atoms with Crippen LogP contribution in [0.25, 0.3) is 0 Å². The normalized spacial score (nSPS) is 6.81. The lowest BCUT2D eigenvalue weighted by molar-refractivity contribution is -0.134. The smallest absolute Gasteiger partial charge is 0.329 e. The molecular weight excluding hydrogens is 232 g/mol. The third-order valence-electron chi connectivity index (χ3n) is 0.569. The summed E-state index contributed by atoms with van der Waals surface area (Å²) in [7, 11) is 7.31. The molecule has 0 aliphatic carbocycles. The van der Waals surface area contributed by atoms with Crippen molar-refractivity contribution < 1.29 is 14.3 Å². The molecule has 5 nitrogen and oxygen atoms in total. The zero-order chi connectivity index (χ0) is 12.9. The number of nitrogens with zero attached hydrogens (tertiary/aromatic N) is 1. The molecule has 0 fully saturated rings. The Morgan fingerprint density at radius 1 is 1.19 bits per heavy atom. The Hall–Kier alpha value is -1.33. The summed E-state index contributed by atoms with van der Waals surface area (Å²) in [4.78, 5) is 21.3. The molecule has 0 heterocycles. The van der Waals surface area contributed by atoms with Gasteiger partial charge in [-0.25, -0.2) is 4.79 Å². The van der Waals surface area contributed by atoms with E-state index in [9.17, 15) is 9.59 Å². The lowest BCUT2D eigenvalue weighted by Crippen LogP contribution is -2.04. The van der Waals surface area contributed by atoms with E-state index in [0.29, 0.717) is 0 Å². The summed E-state index contributed by atoms with van der Waals surface area (Å²) in [5, 5.41) is 0. The molecule has 2 N–H and O–H groups in total. The van der Waals surface area contributed by atoms with E-state index >= 15 is 0 Å². The zero-order valence-corrected chi connectivity index (χ0v) is 11.0. The van der Waals surface area contributed by atoms with Crippen LogP contribution in [0.5, 0.6) is 0 Å². The van der Waals surface area contributed by atoms with E-state index < -0.39 is 11.9 Å². The second kappa shape index (κ2) is 19.3. The van der Waals surface area contributed by atoms with Gasteiger partial charge in [-0.15, -0.1) is 12.4 Å². The van der Waals surface area contributed by atoms with Crippen molar-refractivity contribution in [2.24, 2.45) is 5.73 Å². The van der Waals surface area contributed by atoms with Gasteiger partial charge in [-0.2, -0.15) is 0 Å². The molecule has 0 atom stereocenters. The van der Waals surface area contributed by atoms with Crippen molar-refractivity contribution in [3.05, 3.63) is 25.3 Å². The molecule has 1 amide bonds. The Morgan fingerprint density at radius 2 is 1.44 bits per heavy atom. The first-order valence-electron chi connectivity index (χ1n) is 4.04. The van der Waals surface area contributed by atoms with Gasteiger partial charge in [0, 0.05) is 6.08 Å². The lowest BCUT2D eigenvalue weighted by atomic mass is 10.6. The SMILES string of the molecule is C=CC(=O)OC.C=CC(N)=O.CN(C)C.Cl. The molecule has 16 heavy (non-hydrogen) atoms. The van der Waals surface area contributed by atoms with Gasteiger partial charge in [-0.1, -0.05) is 13.2 Å². The van der Waals surface area contributed by atoms with E-state index in [1.165, 1.54) is 7.11 Å². The van der Waals surface area contributed by atoms with Crippen LogP contribution in [0.3, 0.4) is 0 Å². The van der Waals surface area contributed by atoms with E-state index in [1.54, 1.807) is 0 Å². The van der Waals surface area contributed by atoms with Crippen molar-refractivity contribution in [2.75, 3.05) is 28.3 Å². The van der Waals surface area contributed by atoms with Crippen LogP contribution in [-0.4, -0.2) is 45.0 Å². The van der Waals surface area contributed by atoms with Crippen LogP contribution in [0.1, 0.15) is 0 Å². The average molecular weight is 253 g/mol. The van der Waals surface area contributed by atoms with Gasteiger partial charge in [0.25, 0.3) is 0 Å². The van der Waals surface area contributed by atoms with Gasteiger partial charge in [-0.3, -0.25) is 4.79 Å². The van der Waals surface area contributed by atoms with E-state index in [1.807, 2.05) is 26.0 Å². The zero-order valence-electron chi connectivity index (χ0n) is 10.2. The summed E-state index contributed by atoms with van der Waals surface area (Å²) in [5.74, 6) is -0.875. The number of primary amides is 1. The molecule has 0 aromatic rings. The fourth-order valence-corrected chi connectivity index (χ4v) is 0.0833. The van der Waals surface area contributed by atoms with Crippen LogP contribution in [-0.2, 0) is 14.3 Å². The van der Waals surface area contributed by atoms with Crippen molar-refractivity contribution in [1.82, 2.24) is 4.90 Å². The maximum atomic E-state index is 9.84. The first-order chi connectivity index (χ1) is 6.81. The summed E-state index contributed by atoms with van der Waals surface area (Å²) in [6.45, 7) is 6.24. The minimum absolute atomic E-state index is 0. The monoisotopic (exact) mass is 252 g/mol. The summed E-state index contributed by atoms with van der Waals surface area (Å²) in [6, 6.07) is 0. The highest BCUT2D eigenvalue weighted by molar-refractivity contribution is 5.85. The van der Waals surface area contributed by atoms with Gasteiger partial charge in [-0.05, 0) is 27.2 Å². The first kappa shape index (κ1) is 24.1. The molecule has 0 unspecified atom stereocenters. The average Bonchev–Trinajstić information content (AvgIpc) is 2.16. The van der Waals surface area contributed by atoms with Gasteiger partial charge in [0.05, 0.1) is 7.11 Å². The topological polar surface area (TPSA) is 72.6 Å². The Kier molecular flexibility index (Phi) is 29.0. The minimum atomic E-state index is -0.481. The number of carbonyl (C=O) groups is 2. The number of amides is 1. The van der Waals surface area contributed by atoms with Gasteiger partial charge >= 0.3 is 5.97 Å². The van der Waals surface area contributed by atoms with E-state index in [0.717, 1.165) is 12.2 Å². The molecule has 0 bridgehead atoms. The Bertz CT molecular complexity index is 203. The molecule has 0 rings (SSSR count). The molecule has 0 spiro atoms. The Morgan fingerprint density at radius 3 is 1.44 bits per heavy atom. The third-order valence-corrected chi connectivity index (χ3v) is 0.569. The van der Waals surface area contributed by atoms with Gasteiger partial charge < -0.3 is 15.4 Å². The molecule has 0 aliphatic heterocycles. The lowest BCUT2D eigenvalue weighted by Gasteiger charge is -1.90. The molecule has 0 radical (unpaired) electrons. The van der Waals surface area contributed by atoms with Crippen LogP contribution in [0.4, 0.5) is 0 Å². The summed E-state index contributed by atoms with van der Waals surface area (Å²) >= 11 is 0. The summed E-state index contributed by atoms with van der Waals surface area (Å²) in [6.07, 6.45) is 2.17. The molecule has 0 aromatic carbocycles. The van der Waals surface area contributed by atoms with Crippen LogP contribution >= 0.6 is 12.4 Å². The number of halogens is 1. The molecule has 6 heteroatoms. The quantitative estimate of drug-likeness (QED) is 0.577. The number of hydrogen-bond acceptors (Lipinski definition) is 4. The van der Waals surface area contributed by atoms with Gasteiger partial charge in [0.1, 0.15) is 0 Å². The maximum Gasteiger partial charge on any atom is 0.329 e. The van der Waals surface area contributed by atoms with Crippen molar-refractivity contribution >= 4 is 24.3 Å². The van der Waals surface area contributed by atoms with Gasteiger partial charge in [0.2, 0.25) is 5.91 Å². The maximum absolute atomic E-state index is 9.84. The number of ether oxygens (including phenoxy) is 1. The highest BCUT2D eigenvalue weighted by atomic mass is 35.5. The molecule has 0 saturated heterocycles. The number of rotatable bonds is 2. The van der Waals surface area contributed by atoms with Crippen molar-refractivity contribution in [2.45, 2.75) is 0 Å². The van der Waals surface area contributed by atoms with Crippen molar-refractivity contribution in [3.63, 3.8) is 0 Å². The number of hydrogen-bond donors (Lipinski definition) is 1. The van der Waals surface area contributed by atoms with Crippen LogP contribution in [0.2, 0.25) is 0 Å². The predicted molar refractivity (Wildman–Crippen MR) is 68.5 cm³/mol. The highest BCUT2D eigenvalue weighted by Crippen LogP contribution is 1.67. The van der Waals surface area contributed by atoms with E-state index in [4.69, 9.17) is 0 Å². The second-order valence-electron chi connectivity index (χ2n) is 2.68. The predicted octanol–water partition coefficient (Wildman–Crippen LogP) is 0.603. The number of methoxy groups -OCH3 is 1. The fourth-order valence-electron chi connectivity index (χ4n) is 0.0833. The highest BCUT2D eigenvalue weighted by Gasteiger charge is 1.81. The van der Waals surface area contributed by atoms with E-state index in [2.05, 4.69) is 23.6 Å². The van der Waals surface area contributed by atoms with Gasteiger partial charge in [0.15, 0.2) is 0 Å². The standard InChI is InChI=1S/C4H6O2.C3H5NO.C3H9N.ClH/c1-3-4(5)6-2;1-2-3(4)5;1-4(2)3;/h3H,1H2,2H3;2H,1H2,(H2,4,5);1-3H3;1H. The first-order valence-corrected chi connectivity index (χ1v) is 4.04. The fraction of sp³-hybridized carbons (Fsp3) is 0.400. The van der Waals surface area contributed by atoms with Crippen molar-refractivity contribution in [1.29, 1.82) is 0 Å². The Labute approximate surface area is 103 Å². The van der Waals surface area contributed by atoms with Crippen LogP contribution in [0.15, 0.2) is 25.3 Å². The summed E-state index contributed by atoms with van der Waals surface area (Å²) in [5.41, 5.74) is 4.53. The van der Waals surface area contributed by atoms with Crippen LogP contribution < -0.4 is 5.73 Å². The molecule has 96 valence electrons.